The summed E-state index contributed by atoms with van der Waals surface area (Å²) >= 11 is 0. The minimum Gasteiger partial charge on any atom is -0.446 e. The summed E-state index contributed by atoms with van der Waals surface area (Å²) < 4.78 is 5.75. The molecule has 0 aliphatic carbocycles. The second-order valence-electron chi connectivity index (χ2n) is 12.3. The Morgan fingerprint density at radius 3 is 2.19 bits per heavy atom. The largest absolute Gasteiger partial charge is 0.446 e. The molecule has 0 atom stereocenters. The standard InChI is InChI=1S/C37H47N5O5/c43-25-19-39-36(45)31-14-20-42(21-15-31)27-28-10-12-30(13-11-28)35(44)26-38-18-24-41-22-16-32(17-23-41)47-37(46)40-34-9-5-4-8-33(34)29-6-2-1-3-7-29/h1-13,31-32,38,43H,14-27H2,(H,39,45)(H,40,46). The third-order valence-corrected chi connectivity index (χ3v) is 9.00. The molecule has 2 aliphatic heterocycles. The van der Waals surface area contributed by atoms with Crippen molar-refractivity contribution in [3.05, 3.63) is 90.0 Å². The molecule has 47 heavy (non-hydrogen) atoms. The van der Waals surface area contributed by atoms with Gasteiger partial charge in [-0.05, 0) is 56.0 Å². The molecule has 0 radical (unpaired) electrons. The van der Waals surface area contributed by atoms with E-state index in [1.165, 1.54) is 0 Å². The molecule has 3 aromatic carbocycles. The van der Waals surface area contributed by atoms with E-state index in [4.69, 9.17) is 9.84 Å². The topological polar surface area (TPSA) is 123 Å². The number of anilines is 1. The number of nitrogens with one attached hydrogen (secondary N) is 3. The molecule has 2 fully saturated rings. The first-order valence-electron chi connectivity index (χ1n) is 16.8. The molecule has 10 nitrogen and oxygen atoms in total. The van der Waals surface area contributed by atoms with Crippen molar-refractivity contribution in [2.45, 2.75) is 38.3 Å². The van der Waals surface area contributed by atoms with Gasteiger partial charge in [0.25, 0.3) is 0 Å². The number of piperidine rings is 2. The summed E-state index contributed by atoms with van der Waals surface area (Å²) in [6, 6.07) is 25.5. The first kappa shape index (κ1) is 34.3. The molecule has 0 aromatic heterocycles. The van der Waals surface area contributed by atoms with E-state index in [0.29, 0.717) is 18.7 Å². The number of carbonyl (C=O) groups excluding carboxylic acids is 3. The smallest absolute Gasteiger partial charge is 0.411 e. The summed E-state index contributed by atoms with van der Waals surface area (Å²) in [6.45, 7) is 6.28. The van der Waals surface area contributed by atoms with Gasteiger partial charge in [-0.2, -0.15) is 0 Å². The Balaban J connectivity index is 0.947. The lowest BCUT2D eigenvalue weighted by Gasteiger charge is -2.31. The number of nitrogens with zero attached hydrogens (tertiary/aromatic N) is 2. The fraction of sp³-hybridized carbons (Fsp3) is 0.432. The van der Waals surface area contributed by atoms with Crippen LogP contribution in [0.1, 0.15) is 41.6 Å². The Labute approximate surface area is 277 Å². The number of Topliss-reactive ketones (excluding diaryl/α,β-unsaturated/α-hetero) is 1. The number of aliphatic hydroxyl groups is 1. The first-order chi connectivity index (χ1) is 23.0. The van der Waals surface area contributed by atoms with Crippen LogP contribution in [0, 0.1) is 5.92 Å². The van der Waals surface area contributed by atoms with Crippen LogP contribution in [0.3, 0.4) is 0 Å². The van der Waals surface area contributed by atoms with Crippen molar-refractivity contribution >= 4 is 23.5 Å². The molecule has 2 heterocycles. The molecule has 0 saturated carbocycles. The van der Waals surface area contributed by atoms with Gasteiger partial charge in [0.15, 0.2) is 5.78 Å². The Hall–Kier alpha value is -4.09. The van der Waals surface area contributed by atoms with Crippen LogP contribution in [0.25, 0.3) is 11.1 Å². The van der Waals surface area contributed by atoms with Crippen molar-refractivity contribution in [2.24, 2.45) is 5.92 Å². The SMILES string of the molecule is O=C(Nc1ccccc1-c1ccccc1)OC1CCN(CCNCC(=O)c2ccc(CN3CCC(C(=O)NCCO)CC3)cc2)CC1. The number of hydrogen-bond acceptors (Lipinski definition) is 8. The zero-order valence-electron chi connectivity index (χ0n) is 27.0. The van der Waals surface area contributed by atoms with Crippen LogP contribution in [-0.2, 0) is 16.1 Å². The fourth-order valence-electron chi connectivity index (χ4n) is 6.28. The van der Waals surface area contributed by atoms with E-state index >= 15 is 0 Å². The van der Waals surface area contributed by atoms with Gasteiger partial charge in [-0.3, -0.25) is 19.8 Å². The highest BCUT2D eigenvalue weighted by Crippen LogP contribution is 2.28. The van der Waals surface area contributed by atoms with Crippen LogP contribution in [0.5, 0.6) is 0 Å². The molecule has 3 aromatic rings. The molecular weight excluding hydrogens is 594 g/mol. The molecule has 2 aliphatic rings. The van der Waals surface area contributed by atoms with Crippen LogP contribution >= 0.6 is 0 Å². The zero-order chi connectivity index (χ0) is 32.8. The number of likely N-dealkylation sites (tertiary alicyclic amines) is 2. The van der Waals surface area contributed by atoms with E-state index in [2.05, 4.69) is 25.8 Å². The molecule has 4 N–H and O–H groups in total. The maximum absolute atomic E-state index is 12.8. The van der Waals surface area contributed by atoms with E-state index in [9.17, 15) is 14.4 Å². The van der Waals surface area contributed by atoms with Gasteiger partial charge in [0.1, 0.15) is 6.10 Å². The lowest BCUT2D eigenvalue weighted by Crippen LogP contribution is -2.42. The fourth-order valence-corrected chi connectivity index (χ4v) is 6.28. The van der Waals surface area contributed by atoms with Crippen LogP contribution in [0.15, 0.2) is 78.9 Å². The van der Waals surface area contributed by atoms with Crippen LogP contribution in [0.4, 0.5) is 10.5 Å². The predicted octanol–water partition coefficient (Wildman–Crippen LogP) is 4.16. The van der Waals surface area contributed by atoms with E-state index in [0.717, 1.165) is 87.3 Å². The van der Waals surface area contributed by atoms with E-state index in [-0.39, 0.29) is 36.9 Å². The van der Waals surface area contributed by atoms with Gasteiger partial charge in [0, 0.05) is 56.3 Å². The van der Waals surface area contributed by atoms with E-state index in [1.807, 2.05) is 78.9 Å². The van der Waals surface area contributed by atoms with Gasteiger partial charge in [-0.15, -0.1) is 0 Å². The zero-order valence-corrected chi connectivity index (χ0v) is 27.0. The molecule has 5 rings (SSSR count). The number of aliphatic hydroxyl groups excluding tert-OH is 1. The molecule has 250 valence electrons. The Bertz CT molecular complexity index is 1440. The van der Waals surface area contributed by atoms with Crippen molar-refractivity contribution in [1.29, 1.82) is 0 Å². The maximum atomic E-state index is 12.8. The number of hydrogen-bond donors (Lipinski definition) is 4. The monoisotopic (exact) mass is 641 g/mol. The number of rotatable bonds is 14. The van der Waals surface area contributed by atoms with Gasteiger partial charge in [0.05, 0.1) is 18.8 Å². The Morgan fingerprint density at radius 1 is 0.787 bits per heavy atom. The highest BCUT2D eigenvalue weighted by molar-refractivity contribution is 5.97. The number of para-hydroxylation sites is 1. The lowest BCUT2D eigenvalue weighted by molar-refractivity contribution is -0.126. The summed E-state index contributed by atoms with van der Waals surface area (Å²) in [6.07, 6.45) is 2.62. The van der Waals surface area contributed by atoms with Crippen LogP contribution in [-0.4, -0.2) is 97.8 Å². The quantitative estimate of drug-likeness (QED) is 0.153. The second kappa shape index (κ2) is 17.7. The summed E-state index contributed by atoms with van der Waals surface area (Å²) in [4.78, 5) is 42.3. The van der Waals surface area contributed by atoms with Gasteiger partial charge in [-0.1, -0.05) is 72.8 Å². The normalized spacial score (nSPS) is 16.4. The molecule has 0 spiro atoms. The Morgan fingerprint density at radius 2 is 1.47 bits per heavy atom. The third kappa shape index (κ3) is 10.5. The van der Waals surface area contributed by atoms with Gasteiger partial charge < -0.3 is 25.4 Å². The molecule has 0 bridgehead atoms. The molecular formula is C37H47N5O5. The third-order valence-electron chi connectivity index (χ3n) is 9.00. The summed E-state index contributed by atoms with van der Waals surface area (Å²) in [5, 5.41) is 17.9. The van der Waals surface area contributed by atoms with Gasteiger partial charge in [-0.25, -0.2) is 4.79 Å². The van der Waals surface area contributed by atoms with Gasteiger partial charge in [0.2, 0.25) is 5.91 Å². The number of benzene rings is 3. The maximum Gasteiger partial charge on any atom is 0.411 e. The average Bonchev–Trinajstić information content (AvgIpc) is 3.11. The molecule has 2 amide bonds. The second-order valence-corrected chi connectivity index (χ2v) is 12.3. The minimum atomic E-state index is -0.429. The number of ether oxygens (including phenoxy) is 1. The van der Waals surface area contributed by atoms with Crippen molar-refractivity contribution in [3.8, 4) is 11.1 Å². The van der Waals surface area contributed by atoms with Crippen molar-refractivity contribution < 1.29 is 24.2 Å². The van der Waals surface area contributed by atoms with Crippen molar-refractivity contribution in [3.63, 3.8) is 0 Å². The molecule has 10 heteroatoms. The number of ketones is 1. The first-order valence-corrected chi connectivity index (χ1v) is 16.8. The van der Waals surface area contributed by atoms with Crippen molar-refractivity contribution in [2.75, 3.05) is 64.3 Å². The summed E-state index contributed by atoms with van der Waals surface area (Å²) in [5.74, 6) is 0.116. The number of amides is 2. The number of carbonyl (C=O) groups is 3. The summed E-state index contributed by atoms with van der Waals surface area (Å²) in [5.41, 5.74) is 4.57. The highest BCUT2D eigenvalue weighted by atomic mass is 16.6. The van der Waals surface area contributed by atoms with Crippen molar-refractivity contribution in [1.82, 2.24) is 20.4 Å². The van der Waals surface area contributed by atoms with Crippen LogP contribution in [0.2, 0.25) is 0 Å². The predicted molar refractivity (Wildman–Crippen MR) is 183 cm³/mol. The van der Waals surface area contributed by atoms with Crippen LogP contribution < -0.4 is 16.0 Å². The molecule has 0 unspecified atom stereocenters. The lowest BCUT2D eigenvalue weighted by atomic mass is 9.95. The molecule has 2 saturated heterocycles. The van der Waals surface area contributed by atoms with Gasteiger partial charge >= 0.3 is 6.09 Å². The highest BCUT2D eigenvalue weighted by Gasteiger charge is 2.25. The Kier molecular flexibility index (Phi) is 12.9. The average molecular weight is 642 g/mol. The van der Waals surface area contributed by atoms with E-state index in [1.54, 1.807) is 0 Å². The van der Waals surface area contributed by atoms with E-state index < -0.39 is 6.09 Å². The minimum absolute atomic E-state index is 0.0131. The summed E-state index contributed by atoms with van der Waals surface area (Å²) in [7, 11) is 0.